The second kappa shape index (κ2) is 10.1. The van der Waals surface area contributed by atoms with Gasteiger partial charge in [-0.1, -0.05) is 26.0 Å². The maximum absolute atomic E-state index is 12.9. The van der Waals surface area contributed by atoms with Gasteiger partial charge in [-0.2, -0.15) is 0 Å². The lowest BCUT2D eigenvalue weighted by Gasteiger charge is -2.36. The Labute approximate surface area is 212 Å². The van der Waals surface area contributed by atoms with Gasteiger partial charge in [0.25, 0.3) is 0 Å². The van der Waals surface area contributed by atoms with Gasteiger partial charge in [-0.15, -0.1) is 11.3 Å². The van der Waals surface area contributed by atoms with Crippen LogP contribution in [0.5, 0.6) is 0 Å². The van der Waals surface area contributed by atoms with Crippen LogP contribution in [-0.2, 0) is 19.4 Å². The van der Waals surface area contributed by atoms with Crippen LogP contribution in [0, 0.1) is 0 Å². The van der Waals surface area contributed by atoms with Crippen molar-refractivity contribution in [1.29, 1.82) is 0 Å². The van der Waals surface area contributed by atoms with Gasteiger partial charge in [0.15, 0.2) is 0 Å². The smallest absolute Gasteiger partial charge is 0.321 e. The summed E-state index contributed by atoms with van der Waals surface area (Å²) in [4.78, 5) is 32.0. The van der Waals surface area contributed by atoms with E-state index in [2.05, 4.69) is 55.2 Å². The Morgan fingerprint density at radius 3 is 2.46 bits per heavy atom. The maximum Gasteiger partial charge on any atom is 0.321 e. The summed E-state index contributed by atoms with van der Waals surface area (Å²) >= 11 is 1.86. The lowest BCUT2D eigenvalue weighted by atomic mass is 9.97. The molecule has 3 aromatic rings. The Morgan fingerprint density at radius 1 is 1.06 bits per heavy atom. The van der Waals surface area contributed by atoms with Crippen molar-refractivity contribution in [3.8, 4) is 0 Å². The molecule has 8 heteroatoms. The Morgan fingerprint density at radius 2 is 1.77 bits per heavy atom. The molecule has 7 nitrogen and oxygen atoms in total. The molecule has 2 aromatic heterocycles. The van der Waals surface area contributed by atoms with Gasteiger partial charge >= 0.3 is 6.03 Å². The summed E-state index contributed by atoms with van der Waals surface area (Å²) in [5.74, 6) is 2.42. The highest BCUT2D eigenvalue weighted by Crippen LogP contribution is 2.40. The number of carbonyl (C=O) groups is 1. The Hall–Kier alpha value is -2.71. The summed E-state index contributed by atoms with van der Waals surface area (Å²) in [7, 11) is 4.11. The predicted octanol–water partition coefficient (Wildman–Crippen LogP) is 5.11. The molecule has 2 aliphatic rings. The number of anilines is 2. The third-order valence-corrected chi connectivity index (χ3v) is 8.18. The molecular weight excluding hydrogens is 456 g/mol. The molecule has 1 aromatic carbocycles. The van der Waals surface area contributed by atoms with Crippen molar-refractivity contribution in [3.05, 3.63) is 46.1 Å². The van der Waals surface area contributed by atoms with Crippen LogP contribution >= 0.6 is 11.3 Å². The molecule has 186 valence electrons. The molecule has 0 saturated carbocycles. The number of aromatic nitrogens is 2. The van der Waals surface area contributed by atoms with Gasteiger partial charge in [0, 0.05) is 36.7 Å². The van der Waals surface area contributed by atoms with E-state index in [1.165, 1.54) is 34.2 Å². The molecule has 1 saturated heterocycles. The first kappa shape index (κ1) is 24.0. The van der Waals surface area contributed by atoms with Crippen LogP contribution < -0.4 is 10.2 Å². The fourth-order valence-electron chi connectivity index (χ4n) is 5.04. The van der Waals surface area contributed by atoms with Crippen molar-refractivity contribution in [2.24, 2.45) is 0 Å². The number of nitrogens with one attached hydrogen (secondary N) is 1. The number of hydrogen-bond donors (Lipinski definition) is 1. The van der Waals surface area contributed by atoms with Crippen molar-refractivity contribution in [2.75, 3.05) is 50.5 Å². The summed E-state index contributed by atoms with van der Waals surface area (Å²) in [5, 5.41) is 4.33. The zero-order valence-corrected chi connectivity index (χ0v) is 22.1. The molecule has 5 rings (SSSR count). The first-order valence-electron chi connectivity index (χ1n) is 12.8. The second-order valence-electron chi connectivity index (χ2n) is 10.3. The molecular formula is C27H36N6OS. The van der Waals surface area contributed by atoms with Crippen LogP contribution in [0.4, 0.5) is 16.3 Å². The minimum atomic E-state index is -0.0315. The van der Waals surface area contributed by atoms with E-state index in [9.17, 15) is 4.79 Å². The molecule has 0 unspecified atom stereocenters. The average molecular weight is 493 g/mol. The van der Waals surface area contributed by atoms with Gasteiger partial charge in [0.2, 0.25) is 0 Å². The van der Waals surface area contributed by atoms with E-state index in [4.69, 9.17) is 9.97 Å². The topological polar surface area (TPSA) is 64.6 Å². The third kappa shape index (κ3) is 5.14. The number of aryl methyl sites for hydroxylation is 2. The second-order valence-corrected chi connectivity index (χ2v) is 11.4. The molecule has 0 spiro atoms. The average Bonchev–Trinajstić information content (AvgIpc) is 3.22. The minimum absolute atomic E-state index is 0.0315. The molecule has 1 aliphatic carbocycles. The predicted molar refractivity (Wildman–Crippen MR) is 145 cm³/mol. The largest absolute Gasteiger partial charge is 0.352 e. The number of piperazine rings is 1. The molecule has 0 atom stereocenters. The number of fused-ring (bicyclic) bond motifs is 3. The van der Waals surface area contributed by atoms with Crippen molar-refractivity contribution in [1.82, 2.24) is 19.8 Å². The van der Waals surface area contributed by atoms with Gasteiger partial charge in [0.05, 0.1) is 11.9 Å². The van der Waals surface area contributed by atoms with E-state index in [0.29, 0.717) is 19.0 Å². The molecule has 1 N–H and O–H groups in total. The normalized spacial score (nSPS) is 16.3. The molecule has 35 heavy (non-hydrogen) atoms. The van der Waals surface area contributed by atoms with Gasteiger partial charge in [-0.3, -0.25) is 0 Å². The number of hydrogen-bond acceptors (Lipinski definition) is 6. The quantitative estimate of drug-likeness (QED) is 0.536. The van der Waals surface area contributed by atoms with E-state index in [0.717, 1.165) is 54.6 Å². The number of thiophene rings is 1. The summed E-state index contributed by atoms with van der Waals surface area (Å²) < 4.78 is 0. The van der Waals surface area contributed by atoms with Crippen molar-refractivity contribution in [3.63, 3.8) is 0 Å². The van der Waals surface area contributed by atoms with Crippen LogP contribution in [0.3, 0.4) is 0 Å². The summed E-state index contributed by atoms with van der Waals surface area (Å²) in [6, 6.07) is 8.13. The van der Waals surface area contributed by atoms with Crippen molar-refractivity contribution < 1.29 is 4.79 Å². The first-order chi connectivity index (χ1) is 16.9. The monoisotopic (exact) mass is 492 g/mol. The number of urea groups is 1. The minimum Gasteiger partial charge on any atom is -0.352 e. The van der Waals surface area contributed by atoms with E-state index in [-0.39, 0.29) is 6.03 Å². The van der Waals surface area contributed by atoms with E-state index in [1.54, 1.807) is 0 Å². The molecule has 2 amide bonds. The highest BCUT2D eigenvalue weighted by atomic mass is 32.1. The summed E-state index contributed by atoms with van der Waals surface area (Å²) in [6.07, 6.45) is 4.78. The van der Waals surface area contributed by atoms with E-state index in [1.807, 2.05) is 28.4 Å². The fraction of sp³-hybridized carbons (Fsp3) is 0.519. The van der Waals surface area contributed by atoms with Crippen molar-refractivity contribution in [2.45, 2.75) is 52.0 Å². The zero-order valence-electron chi connectivity index (χ0n) is 21.3. The Bertz CT molecular complexity index is 1190. The zero-order chi connectivity index (χ0) is 24.5. The summed E-state index contributed by atoms with van der Waals surface area (Å²) in [5.41, 5.74) is 3.59. The maximum atomic E-state index is 12.9. The van der Waals surface area contributed by atoms with E-state index < -0.39 is 0 Å². The van der Waals surface area contributed by atoms with Gasteiger partial charge in [-0.25, -0.2) is 14.8 Å². The highest BCUT2D eigenvalue weighted by Gasteiger charge is 2.27. The van der Waals surface area contributed by atoms with Crippen LogP contribution in [0.15, 0.2) is 24.3 Å². The highest BCUT2D eigenvalue weighted by molar-refractivity contribution is 7.19. The van der Waals surface area contributed by atoms with Gasteiger partial charge in [-0.05, 0) is 69.0 Å². The Balaban J connectivity index is 1.32. The van der Waals surface area contributed by atoms with Crippen LogP contribution in [0.1, 0.15) is 54.4 Å². The molecule has 1 aliphatic heterocycles. The Kier molecular flexibility index (Phi) is 6.93. The molecule has 3 heterocycles. The lowest BCUT2D eigenvalue weighted by Crippen LogP contribution is -2.50. The number of benzene rings is 1. The standard InChI is InChI=1S/C27H36N6OS/c1-18(2)19-9-11-20(12-10-19)28-27(34)33-15-13-32(14-16-33)25-24-21-7-5-6-8-22(21)35-26(24)30-23(29-25)17-31(3)4/h9-12,18H,5-8,13-17H2,1-4H3,(H,28,34). The number of rotatable bonds is 5. The SMILES string of the molecule is CC(C)c1ccc(NC(=O)N2CCN(c3nc(CN(C)C)nc4sc5c(c34)CCCC5)CC2)cc1. The van der Waals surface area contributed by atoms with Gasteiger partial charge < -0.3 is 20.0 Å². The number of amides is 2. The van der Waals surface area contributed by atoms with Crippen LogP contribution in [0.2, 0.25) is 0 Å². The molecule has 0 bridgehead atoms. The lowest BCUT2D eigenvalue weighted by molar-refractivity contribution is 0.208. The molecule has 0 radical (unpaired) electrons. The third-order valence-electron chi connectivity index (χ3n) is 6.99. The molecule has 1 fully saturated rings. The van der Waals surface area contributed by atoms with Gasteiger partial charge in [0.1, 0.15) is 16.5 Å². The van der Waals surface area contributed by atoms with E-state index >= 15 is 0 Å². The number of carbonyl (C=O) groups excluding carboxylic acids is 1. The first-order valence-corrected chi connectivity index (χ1v) is 13.6. The van der Waals surface area contributed by atoms with Crippen LogP contribution in [0.25, 0.3) is 10.2 Å². The van der Waals surface area contributed by atoms with Crippen molar-refractivity contribution >= 4 is 39.1 Å². The fourth-order valence-corrected chi connectivity index (χ4v) is 6.31. The van der Waals surface area contributed by atoms with Crippen LogP contribution in [-0.4, -0.2) is 66.1 Å². The summed E-state index contributed by atoms with van der Waals surface area (Å²) in [6.45, 7) is 7.98. The number of nitrogens with zero attached hydrogens (tertiary/aromatic N) is 5.